The van der Waals surface area contributed by atoms with Crippen LogP contribution in [0.15, 0.2) is 18.2 Å². The molecular formula is C20H31NO3. The Balaban J connectivity index is 1.41. The highest BCUT2D eigenvalue weighted by molar-refractivity contribution is 5.30. The minimum absolute atomic E-state index is 0.314. The lowest BCUT2D eigenvalue weighted by atomic mass is 10.0. The Labute approximate surface area is 145 Å². The van der Waals surface area contributed by atoms with Gasteiger partial charge in [0.25, 0.3) is 0 Å². The number of nitrogens with zero attached hydrogens (tertiary/aromatic N) is 1. The van der Waals surface area contributed by atoms with E-state index in [9.17, 15) is 5.11 Å². The van der Waals surface area contributed by atoms with Gasteiger partial charge in [0.05, 0.1) is 24.9 Å². The summed E-state index contributed by atoms with van der Waals surface area (Å²) >= 11 is 0. The number of piperidine rings is 1. The summed E-state index contributed by atoms with van der Waals surface area (Å²) in [6, 6.07) is 6.33. The van der Waals surface area contributed by atoms with E-state index in [1.54, 1.807) is 0 Å². The monoisotopic (exact) mass is 333 g/mol. The third kappa shape index (κ3) is 5.03. The van der Waals surface area contributed by atoms with Gasteiger partial charge in [-0.1, -0.05) is 29.3 Å². The zero-order valence-corrected chi connectivity index (χ0v) is 15.0. The lowest BCUT2D eigenvalue weighted by Crippen LogP contribution is -2.39. The molecule has 0 amide bonds. The molecule has 2 aliphatic heterocycles. The van der Waals surface area contributed by atoms with E-state index in [4.69, 9.17) is 9.47 Å². The maximum absolute atomic E-state index is 10.5. The van der Waals surface area contributed by atoms with Crippen LogP contribution >= 0.6 is 0 Å². The highest BCUT2D eigenvalue weighted by Gasteiger charge is 2.24. The van der Waals surface area contributed by atoms with Crippen LogP contribution in [-0.4, -0.2) is 55.1 Å². The molecule has 2 atom stereocenters. The molecule has 0 radical (unpaired) electrons. The summed E-state index contributed by atoms with van der Waals surface area (Å²) in [6.45, 7) is 8.51. The maximum atomic E-state index is 10.5. The lowest BCUT2D eigenvalue weighted by Gasteiger charge is -2.33. The van der Waals surface area contributed by atoms with Crippen molar-refractivity contribution in [2.45, 2.75) is 57.8 Å². The first-order valence-electron chi connectivity index (χ1n) is 9.32. The summed E-state index contributed by atoms with van der Waals surface area (Å²) < 4.78 is 11.6. The summed E-state index contributed by atoms with van der Waals surface area (Å²) in [7, 11) is 0. The van der Waals surface area contributed by atoms with Crippen molar-refractivity contribution in [1.29, 1.82) is 0 Å². The standard InChI is InChI=1S/C20H31NO3/c1-15-10-16(2)12-17(11-15)20(22)13-21-7-5-18(6-8-21)24-14-19-4-3-9-23-19/h10-12,18-20,22H,3-9,13-14H2,1-2H3. The molecule has 0 aromatic heterocycles. The van der Waals surface area contributed by atoms with Crippen molar-refractivity contribution >= 4 is 0 Å². The summed E-state index contributed by atoms with van der Waals surface area (Å²) in [6.07, 6.45) is 4.66. The van der Waals surface area contributed by atoms with Crippen LogP contribution in [0.3, 0.4) is 0 Å². The maximum Gasteiger partial charge on any atom is 0.0917 e. The van der Waals surface area contributed by atoms with Gasteiger partial charge in [0, 0.05) is 26.2 Å². The van der Waals surface area contributed by atoms with E-state index in [0.29, 0.717) is 18.8 Å². The fourth-order valence-corrected chi connectivity index (χ4v) is 3.83. The topological polar surface area (TPSA) is 41.9 Å². The van der Waals surface area contributed by atoms with Gasteiger partial charge in [0.2, 0.25) is 0 Å². The second-order valence-electron chi connectivity index (χ2n) is 7.41. The summed E-state index contributed by atoms with van der Waals surface area (Å²) in [5.74, 6) is 0. The zero-order chi connectivity index (χ0) is 16.9. The van der Waals surface area contributed by atoms with Crippen LogP contribution < -0.4 is 0 Å². The number of β-amino-alcohol motifs (C(OH)–C–C–N with tert-alkyl or cyclic N) is 1. The molecule has 2 aliphatic rings. The Hall–Kier alpha value is -0.940. The summed E-state index contributed by atoms with van der Waals surface area (Å²) in [5.41, 5.74) is 3.46. The van der Waals surface area contributed by atoms with Gasteiger partial charge >= 0.3 is 0 Å². The number of aliphatic hydroxyl groups is 1. The van der Waals surface area contributed by atoms with Crippen molar-refractivity contribution in [2.24, 2.45) is 0 Å². The van der Waals surface area contributed by atoms with Gasteiger partial charge in [-0.2, -0.15) is 0 Å². The van der Waals surface area contributed by atoms with Crippen molar-refractivity contribution in [3.05, 3.63) is 34.9 Å². The van der Waals surface area contributed by atoms with E-state index in [0.717, 1.165) is 51.1 Å². The highest BCUT2D eigenvalue weighted by atomic mass is 16.5. The minimum atomic E-state index is -0.409. The Bertz CT molecular complexity index is 499. The summed E-state index contributed by atoms with van der Waals surface area (Å²) in [5, 5.41) is 10.5. The number of benzene rings is 1. The predicted molar refractivity (Wildman–Crippen MR) is 95.3 cm³/mol. The van der Waals surface area contributed by atoms with E-state index in [1.807, 2.05) is 0 Å². The van der Waals surface area contributed by atoms with Gasteiger partial charge in [0.1, 0.15) is 0 Å². The molecule has 4 heteroatoms. The first kappa shape index (κ1) is 17.9. The normalized spacial score (nSPS) is 24.4. The third-order valence-electron chi connectivity index (χ3n) is 5.14. The van der Waals surface area contributed by atoms with Crippen LogP contribution in [0, 0.1) is 13.8 Å². The number of aryl methyl sites for hydroxylation is 2. The van der Waals surface area contributed by atoms with E-state index >= 15 is 0 Å². The molecule has 0 saturated carbocycles. The number of rotatable bonds is 6. The van der Waals surface area contributed by atoms with Gasteiger partial charge in [-0.15, -0.1) is 0 Å². The Morgan fingerprint density at radius 1 is 1.17 bits per heavy atom. The number of aliphatic hydroxyl groups excluding tert-OH is 1. The largest absolute Gasteiger partial charge is 0.387 e. The molecule has 2 heterocycles. The fourth-order valence-electron chi connectivity index (χ4n) is 3.83. The van der Waals surface area contributed by atoms with Crippen LogP contribution in [0.25, 0.3) is 0 Å². The first-order chi connectivity index (χ1) is 11.6. The molecule has 1 N–H and O–H groups in total. The SMILES string of the molecule is Cc1cc(C)cc(C(O)CN2CCC(OCC3CCCO3)CC2)c1. The van der Waals surface area contributed by atoms with Gasteiger partial charge in [0.15, 0.2) is 0 Å². The second-order valence-corrected chi connectivity index (χ2v) is 7.41. The Morgan fingerprint density at radius 2 is 1.88 bits per heavy atom. The van der Waals surface area contributed by atoms with Crippen LogP contribution in [0.5, 0.6) is 0 Å². The molecule has 4 nitrogen and oxygen atoms in total. The van der Waals surface area contributed by atoms with Crippen LogP contribution in [0.4, 0.5) is 0 Å². The van der Waals surface area contributed by atoms with Crippen molar-refractivity contribution in [3.63, 3.8) is 0 Å². The number of hydrogen-bond donors (Lipinski definition) is 1. The average Bonchev–Trinajstić information content (AvgIpc) is 3.07. The quantitative estimate of drug-likeness (QED) is 0.869. The fraction of sp³-hybridized carbons (Fsp3) is 0.700. The molecule has 2 fully saturated rings. The van der Waals surface area contributed by atoms with E-state index in [1.165, 1.54) is 17.5 Å². The van der Waals surface area contributed by atoms with Crippen molar-refractivity contribution in [2.75, 3.05) is 32.8 Å². The lowest BCUT2D eigenvalue weighted by molar-refractivity contribution is -0.0453. The summed E-state index contributed by atoms with van der Waals surface area (Å²) in [4.78, 5) is 2.36. The van der Waals surface area contributed by atoms with E-state index in [-0.39, 0.29) is 0 Å². The Morgan fingerprint density at radius 3 is 2.50 bits per heavy atom. The molecule has 1 aromatic rings. The van der Waals surface area contributed by atoms with Gasteiger partial charge < -0.3 is 19.5 Å². The van der Waals surface area contributed by atoms with Crippen LogP contribution in [-0.2, 0) is 9.47 Å². The molecule has 2 saturated heterocycles. The van der Waals surface area contributed by atoms with Gasteiger partial charge in [-0.25, -0.2) is 0 Å². The molecule has 3 rings (SSSR count). The van der Waals surface area contributed by atoms with E-state index < -0.39 is 6.10 Å². The van der Waals surface area contributed by atoms with Crippen molar-refractivity contribution in [3.8, 4) is 0 Å². The predicted octanol–water partition coefficient (Wildman–Crippen LogP) is 3.00. The number of hydrogen-bond acceptors (Lipinski definition) is 4. The molecule has 1 aromatic carbocycles. The highest BCUT2D eigenvalue weighted by Crippen LogP contribution is 2.22. The van der Waals surface area contributed by atoms with E-state index in [2.05, 4.69) is 36.9 Å². The third-order valence-corrected chi connectivity index (χ3v) is 5.14. The van der Waals surface area contributed by atoms with Gasteiger partial charge in [-0.3, -0.25) is 0 Å². The minimum Gasteiger partial charge on any atom is -0.387 e. The molecule has 0 spiro atoms. The smallest absolute Gasteiger partial charge is 0.0917 e. The number of ether oxygens (including phenoxy) is 2. The molecule has 2 unspecified atom stereocenters. The molecule has 0 bridgehead atoms. The van der Waals surface area contributed by atoms with Crippen LogP contribution in [0.2, 0.25) is 0 Å². The van der Waals surface area contributed by atoms with Crippen LogP contribution in [0.1, 0.15) is 48.5 Å². The Kier molecular flexibility index (Phi) is 6.28. The van der Waals surface area contributed by atoms with Crippen molar-refractivity contribution < 1.29 is 14.6 Å². The van der Waals surface area contributed by atoms with Gasteiger partial charge in [-0.05, 0) is 45.1 Å². The molecule has 0 aliphatic carbocycles. The average molecular weight is 333 g/mol. The van der Waals surface area contributed by atoms with Crippen molar-refractivity contribution in [1.82, 2.24) is 4.90 Å². The molecule has 24 heavy (non-hydrogen) atoms. The number of likely N-dealkylation sites (tertiary alicyclic amines) is 1. The second kappa shape index (κ2) is 8.43. The zero-order valence-electron chi connectivity index (χ0n) is 15.0. The molecule has 134 valence electrons. The first-order valence-corrected chi connectivity index (χ1v) is 9.32. The molecular weight excluding hydrogens is 302 g/mol.